The molecule has 0 aromatic heterocycles. The fourth-order valence-corrected chi connectivity index (χ4v) is 5.03. The summed E-state index contributed by atoms with van der Waals surface area (Å²) in [7, 11) is 0. The van der Waals surface area contributed by atoms with Crippen molar-refractivity contribution >= 4 is 11.8 Å². The third kappa shape index (κ3) is 18.2. The highest BCUT2D eigenvalue weighted by molar-refractivity contribution is 5.80. The maximum atomic E-state index is 12.8. The Morgan fingerprint density at radius 3 is 1.19 bits per heavy atom. The summed E-state index contributed by atoms with van der Waals surface area (Å²) in [4.78, 5) is 25.6. The second-order valence-electron chi connectivity index (χ2n) is 11.0. The third-order valence-corrected chi connectivity index (χ3v) is 7.53. The minimum absolute atomic E-state index is 0.00900. The number of carbonyl (C=O) groups is 2. The molecule has 0 spiro atoms. The zero-order chi connectivity index (χ0) is 26.9. The maximum absolute atomic E-state index is 12.8. The Morgan fingerprint density at radius 1 is 0.556 bits per heavy atom. The van der Waals surface area contributed by atoms with Crippen LogP contribution in [0.5, 0.6) is 0 Å². The Morgan fingerprint density at radius 2 is 0.889 bits per heavy atom. The standard InChI is InChI=1S/C31H63N3O2/c1-5-9-11-13-15-17-19-21-23-26-29(35)33-31(8-4,28(32)25-7-3)34-30(36)27-24-22-20-18-16-14-12-10-6-2/h28H,5-27,32H2,1-4H3,(H,33,35)(H,34,36). The molecule has 0 bridgehead atoms. The molecule has 1 atom stereocenters. The average Bonchev–Trinajstić information content (AvgIpc) is 2.86. The van der Waals surface area contributed by atoms with Crippen molar-refractivity contribution in [2.75, 3.05) is 0 Å². The highest BCUT2D eigenvalue weighted by Crippen LogP contribution is 2.18. The van der Waals surface area contributed by atoms with Gasteiger partial charge in [0.2, 0.25) is 11.8 Å². The first-order chi connectivity index (χ1) is 17.5. The van der Waals surface area contributed by atoms with Crippen LogP contribution in [-0.2, 0) is 9.59 Å². The number of nitrogens with two attached hydrogens (primary N) is 1. The van der Waals surface area contributed by atoms with E-state index in [1.807, 2.05) is 6.92 Å². The molecule has 0 rings (SSSR count). The fourth-order valence-electron chi connectivity index (χ4n) is 5.03. The lowest BCUT2D eigenvalue weighted by Crippen LogP contribution is -2.69. The summed E-state index contributed by atoms with van der Waals surface area (Å²) in [6, 6.07) is -0.286. The van der Waals surface area contributed by atoms with Crippen LogP contribution < -0.4 is 16.4 Å². The second-order valence-corrected chi connectivity index (χ2v) is 11.0. The van der Waals surface area contributed by atoms with Gasteiger partial charge >= 0.3 is 0 Å². The molecule has 0 aliphatic heterocycles. The third-order valence-electron chi connectivity index (χ3n) is 7.53. The van der Waals surface area contributed by atoms with Gasteiger partial charge in [-0.3, -0.25) is 9.59 Å². The molecule has 36 heavy (non-hydrogen) atoms. The van der Waals surface area contributed by atoms with E-state index < -0.39 is 5.66 Å². The number of amides is 2. The van der Waals surface area contributed by atoms with Crippen molar-refractivity contribution in [1.29, 1.82) is 0 Å². The van der Waals surface area contributed by atoms with E-state index in [1.54, 1.807) is 0 Å². The van der Waals surface area contributed by atoms with Crippen molar-refractivity contribution in [2.24, 2.45) is 5.73 Å². The lowest BCUT2D eigenvalue weighted by molar-refractivity contribution is -0.128. The van der Waals surface area contributed by atoms with Gasteiger partial charge in [0.25, 0.3) is 0 Å². The molecular formula is C31H63N3O2. The van der Waals surface area contributed by atoms with E-state index in [1.165, 1.54) is 89.9 Å². The van der Waals surface area contributed by atoms with Gasteiger partial charge in [-0.2, -0.15) is 0 Å². The summed E-state index contributed by atoms with van der Waals surface area (Å²) in [5, 5.41) is 6.32. The number of hydrogen-bond donors (Lipinski definition) is 3. The predicted octanol–water partition coefficient (Wildman–Crippen LogP) is 8.29. The summed E-state index contributed by atoms with van der Waals surface area (Å²) >= 11 is 0. The van der Waals surface area contributed by atoms with E-state index >= 15 is 0 Å². The van der Waals surface area contributed by atoms with Crippen molar-refractivity contribution in [1.82, 2.24) is 10.6 Å². The average molecular weight is 510 g/mol. The van der Waals surface area contributed by atoms with E-state index in [0.29, 0.717) is 19.3 Å². The Bertz CT molecular complexity index is 488. The minimum Gasteiger partial charge on any atom is -0.332 e. The first-order valence-corrected chi connectivity index (χ1v) is 15.8. The molecular weight excluding hydrogens is 446 g/mol. The zero-order valence-corrected chi connectivity index (χ0v) is 24.7. The van der Waals surface area contributed by atoms with Gasteiger partial charge in [0, 0.05) is 18.9 Å². The molecule has 2 amide bonds. The van der Waals surface area contributed by atoms with Crippen LogP contribution in [0.25, 0.3) is 0 Å². The van der Waals surface area contributed by atoms with Crippen LogP contribution in [0.15, 0.2) is 0 Å². The summed E-state index contributed by atoms with van der Waals surface area (Å²) in [5.41, 5.74) is 5.69. The molecule has 0 radical (unpaired) electrons. The largest absolute Gasteiger partial charge is 0.332 e. The molecule has 0 heterocycles. The second kappa shape index (κ2) is 24.2. The molecule has 5 nitrogen and oxygen atoms in total. The molecule has 0 fully saturated rings. The zero-order valence-electron chi connectivity index (χ0n) is 24.7. The molecule has 0 aliphatic carbocycles. The smallest absolute Gasteiger partial charge is 0.221 e. The molecule has 5 heteroatoms. The van der Waals surface area contributed by atoms with Gasteiger partial charge in [-0.05, 0) is 25.7 Å². The Balaban J connectivity index is 4.41. The number of unbranched alkanes of at least 4 members (excludes halogenated alkanes) is 16. The van der Waals surface area contributed by atoms with Crippen LogP contribution in [0.1, 0.15) is 175 Å². The Hall–Kier alpha value is -1.10. The van der Waals surface area contributed by atoms with Crippen LogP contribution in [0.3, 0.4) is 0 Å². The van der Waals surface area contributed by atoms with E-state index in [-0.39, 0.29) is 17.9 Å². The maximum Gasteiger partial charge on any atom is 0.221 e. The Labute approximate surface area is 224 Å². The quantitative estimate of drug-likeness (QED) is 0.0809. The first kappa shape index (κ1) is 34.9. The van der Waals surface area contributed by atoms with Crippen LogP contribution in [0.2, 0.25) is 0 Å². The van der Waals surface area contributed by atoms with Crippen LogP contribution in [-0.4, -0.2) is 23.5 Å². The van der Waals surface area contributed by atoms with E-state index in [9.17, 15) is 9.59 Å². The predicted molar refractivity (Wildman–Crippen MR) is 156 cm³/mol. The van der Waals surface area contributed by atoms with Crippen molar-refractivity contribution in [3.63, 3.8) is 0 Å². The highest BCUT2D eigenvalue weighted by Gasteiger charge is 2.37. The van der Waals surface area contributed by atoms with Crippen molar-refractivity contribution in [2.45, 2.75) is 187 Å². The molecule has 0 aromatic rings. The van der Waals surface area contributed by atoms with Gasteiger partial charge in [0.05, 0.1) is 0 Å². The monoisotopic (exact) mass is 509 g/mol. The van der Waals surface area contributed by atoms with Crippen LogP contribution in [0.4, 0.5) is 0 Å². The van der Waals surface area contributed by atoms with E-state index in [0.717, 1.165) is 38.5 Å². The lowest BCUT2D eigenvalue weighted by Gasteiger charge is -2.40. The number of rotatable bonds is 26. The van der Waals surface area contributed by atoms with Crippen molar-refractivity contribution in [3.05, 3.63) is 0 Å². The van der Waals surface area contributed by atoms with Crippen molar-refractivity contribution < 1.29 is 9.59 Å². The van der Waals surface area contributed by atoms with Gasteiger partial charge in [-0.25, -0.2) is 0 Å². The van der Waals surface area contributed by atoms with Crippen LogP contribution in [0, 0.1) is 0 Å². The fraction of sp³-hybridized carbons (Fsp3) is 0.935. The molecule has 0 saturated heterocycles. The summed E-state index contributed by atoms with van der Waals surface area (Å²) in [6.07, 6.45) is 25.4. The van der Waals surface area contributed by atoms with Gasteiger partial charge in [-0.1, -0.05) is 137 Å². The molecule has 4 N–H and O–H groups in total. The number of nitrogens with one attached hydrogen (secondary N) is 2. The van der Waals surface area contributed by atoms with Gasteiger partial charge < -0.3 is 16.4 Å². The summed E-state index contributed by atoms with van der Waals surface area (Å²) in [6.45, 7) is 8.59. The lowest BCUT2D eigenvalue weighted by atomic mass is 9.92. The van der Waals surface area contributed by atoms with Crippen LogP contribution >= 0.6 is 0 Å². The minimum atomic E-state index is -0.845. The van der Waals surface area contributed by atoms with Gasteiger partial charge in [0.15, 0.2) is 0 Å². The highest BCUT2D eigenvalue weighted by atomic mass is 16.2. The SMILES string of the molecule is CCCCCCCCCCCC(=O)NC(CC)(NC(=O)CCCCCCCCCCC)C(N)CCC. The summed E-state index contributed by atoms with van der Waals surface area (Å²) < 4.78 is 0. The normalized spacial score (nSPS) is 12.5. The van der Waals surface area contributed by atoms with E-state index in [2.05, 4.69) is 31.4 Å². The number of hydrogen-bond acceptors (Lipinski definition) is 3. The van der Waals surface area contributed by atoms with Crippen molar-refractivity contribution in [3.8, 4) is 0 Å². The van der Waals surface area contributed by atoms with E-state index in [4.69, 9.17) is 5.73 Å². The first-order valence-electron chi connectivity index (χ1n) is 15.8. The Kier molecular flexibility index (Phi) is 23.5. The molecule has 0 aliphatic rings. The molecule has 214 valence electrons. The topological polar surface area (TPSA) is 84.2 Å². The molecule has 0 aromatic carbocycles. The molecule has 0 saturated carbocycles. The molecule has 1 unspecified atom stereocenters. The number of carbonyl (C=O) groups excluding carboxylic acids is 2. The van der Waals surface area contributed by atoms with Gasteiger partial charge in [-0.15, -0.1) is 0 Å². The summed E-state index contributed by atoms with van der Waals surface area (Å²) in [5.74, 6) is 0.0180. The van der Waals surface area contributed by atoms with Gasteiger partial charge in [0.1, 0.15) is 5.66 Å².